The van der Waals surface area contributed by atoms with Crippen molar-refractivity contribution in [2.24, 2.45) is 7.05 Å². The molecule has 0 atom stereocenters. The number of rotatable bonds is 4. The zero-order valence-corrected chi connectivity index (χ0v) is 12.4. The van der Waals surface area contributed by atoms with Crippen molar-refractivity contribution in [3.8, 4) is 0 Å². The molecule has 0 radical (unpaired) electrons. The third-order valence-electron chi connectivity index (χ3n) is 3.91. The summed E-state index contributed by atoms with van der Waals surface area (Å²) < 4.78 is 7.16. The van der Waals surface area contributed by atoms with Crippen LogP contribution in [0.3, 0.4) is 0 Å². The maximum absolute atomic E-state index is 12.2. The molecule has 0 bridgehead atoms. The van der Waals surface area contributed by atoms with Crippen LogP contribution in [0.4, 0.5) is 0 Å². The highest BCUT2D eigenvalue weighted by Crippen LogP contribution is 2.15. The molecule has 0 saturated carbocycles. The summed E-state index contributed by atoms with van der Waals surface area (Å²) in [5, 5.41) is 4.04. The van der Waals surface area contributed by atoms with Gasteiger partial charge in [-0.05, 0) is 24.1 Å². The predicted molar refractivity (Wildman–Crippen MR) is 79.0 cm³/mol. The molecule has 1 aliphatic heterocycles. The van der Waals surface area contributed by atoms with Crippen LogP contribution >= 0.6 is 0 Å². The molecule has 0 fully saturated rings. The fourth-order valence-electron chi connectivity index (χ4n) is 2.57. The lowest BCUT2D eigenvalue weighted by molar-refractivity contribution is -0.137. The first kappa shape index (κ1) is 14.5. The van der Waals surface area contributed by atoms with Crippen LogP contribution in [0.15, 0.2) is 29.3 Å². The van der Waals surface area contributed by atoms with Crippen molar-refractivity contribution in [1.82, 2.24) is 19.7 Å². The molecule has 0 unspecified atom stereocenters. The largest absolute Gasteiger partial charge is 0.365 e. The standard InChI is InChI=1S/C15H18N4O3/c1-18-12(3-6-17-18)9-22-10-14(20)19-7-4-11-2-5-16-15(21)13(11)8-19/h2-3,5-6H,4,7-10H2,1H3,(H,16,21). The summed E-state index contributed by atoms with van der Waals surface area (Å²) >= 11 is 0. The number of hydrogen-bond acceptors (Lipinski definition) is 4. The molecule has 0 aliphatic carbocycles. The Kier molecular flexibility index (Phi) is 4.06. The Labute approximate surface area is 127 Å². The van der Waals surface area contributed by atoms with Gasteiger partial charge in [-0.2, -0.15) is 5.10 Å². The summed E-state index contributed by atoms with van der Waals surface area (Å²) in [5.74, 6) is -0.101. The molecule has 0 spiro atoms. The number of fused-ring (bicyclic) bond motifs is 1. The van der Waals surface area contributed by atoms with Crippen LogP contribution in [0.25, 0.3) is 0 Å². The summed E-state index contributed by atoms with van der Waals surface area (Å²) in [4.78, 5) is 28.3. The van der Waals surface area contributed by atoms with Gasteiger partial charge in [-0.15, -0.1) is 0 Å². The Morgan fingerprint density at radius 3 is 3.09 bits per heavy atom. The van der Waals surface area contributed by atoms with E-state index in [0.717, 1.165) is 11.3 Å². The smallest absolute Gasteiger partial charge is 0.253 e. The van der Waals surface area contributed by atoms with Crippen molar-refractivity contribution in [2.45, 2.75) is 19.6 Å². The van der Waals surface area contributed by atoms with Gasteiger partial charge in [0.05, 0.1) is 18.8 Å². The van der Waals surface area contributed by atoms with Gasteiger partial charge in [0.25, 0.3) is 5.56 Å². The number of ether oxygens (including phenoxy) is 1. The summed E-state index contributed by atoms with van der Waals surface area (Å²) in [6.07, 6.45) is 4.04. The average Bonchev–Trinajstić information content (AvgIpc) is 2.93. The van der Waals surface area contributed by atoms with Crippen molar-refractivity contribution in [3.05, 3.63) is 51.7 Å². The van der Waals surface area contributed by atoms with E-state index in [-0.39, 0.29) is 18.1 Å². The predicted octanol–water partition coefficient (Wildman–Crippen LogP) is 0.210. The monoisotopic (exact) mass is 302 g/mol. The lowest BCUT2D eigenvalue weighted by Crippen LogP contribution is -2.40. The molecule has 0 saturated heterocycles. The molecule has 1 amide bonds. The minimum absolute atomic E-state index is 0.00521. The second kappa shape index (κ2) is 6.15. The van der Waals surface area contributed by atoms with Gasteiger partial charge in [0.2, 0.25) is 5.91 Å². The van der Waals surface area contributed by atoms with Crippen LogP contribution in [0.5, 0.6) is 0 Å². The van der Waals surface area contributed by atoms with Crippen molar-refractivity contribution in [2.75, 3.05) is 13.2 Å². The second-order valence-corrected chi connectivity index (χ2v) is 5.31. The topological polar surface area (TPSA) is 80.2 Å². The quantitative estimate of drug-likeness (QED) is 0.875. The Morgan fingerprint density at radius 2 is 2.32 bits per heavy atom. The van der Waals surface area contributed by atoms with E-state index in [9.17, 15) is 9.59 Å². The molecule has 2 aromatic rings. The van der Waals surface area contributed by atoms with Crippen molar-refractivity contribution in [1.29, 1.82) is 0 Å². The number of carbonyl (C=O) groups is 1. The number of pyridine rings is 1. The van der Waals surface area contributed by atoms with Crippen molar-refractivity contribution in [3.63, 3.8) is 0 Å². The Morgan fingerprint density at radius 1 is 1.45 bits per heavy atom. The van der Waals surface area contributed by atoms with Gasteiger partial charge >= 0.3 is 0 Å². The number of carbonyl (C=O) groups excluding carboxylic acids is 1. The van der Waals surface area contributed by atoms with E-state index in [2.05, 4.69) is 10.1 Å². The first-order valence-electron chi connectivity index (χ1n) is 7.17. The van der Waals surface area contributed by atoms with Gasteiger partial charge in [-0.25, -0.2) is 0 Å². The Balaban J connectivity index is 1.57. The highest BCUT2D eigenvalue weighted by molar-refractivity contribution is 5.77. The third-order valence-corrected chi connectivity index (χ3v) is 3.91. The van der Waals surface area contributed by atoms with E-state index in [1.165, 1.54) is 0 Å². The zero-order valence-electron chi connectivity index (χ0n) is 12.4. The number of aryl methyl sites for hydroxylation is 1. The molecule has 1 aliphatic rings. The highest BCUT2D eigenvalue weighted by Gasteiger charge is 2.22. The van der Waals surface area contributed by atoms with Crippen LogP contribution in [0, 0.1) is 0 Å². The summed E-state index contributed by atoms with van der Waals surface area (Å²) in [6.45, 7) is 1.31. The van der Waals surface area contributed by atoms with Gasteiger partial charge in [0.1, 0.15) is 6.61 Å². The molecule has 116 valence electrons. The number of H-pyrrole nitrogens is 1. The molecular weight excluding hydrogens is 284 g/mol. The summed E-state index contributed by atoms with van der Waals surface area (Å²) in [5.41, 5.74) is 2.48. The fourth-order valence-corrected chi connectivity index (χ4v) is 2.57. The minimum atomic E-state index is -0.120. The average molecular weight is 302 g/mol. The van der Waals surface area contributed by atoms with E-state index >= 15 is 0 Å². The number of hydrogen-bond donors (Lipinski definition) is 1. The number of aromatic amines is 1. The van der Waals surface area contributed by atoms with E-state index < -0.39 is 0 Å². The van der Waals surface area contributed by atoms with Crippen molar-refractivity contribution >= 4 is 5.91 Å². The summed E-state index contributed by atoms with van der Waals surface area (Å²) in [6, 6.07) is 3.75. The third kappa shape index (κ3) is 2.94. The van der Waals surface area contributed by atoms with Crippen LogP contribution in [-0.4, -0.2) is 38.7 Å². The molecule has 2 aromatic heterocycles. The molecule has 7 heteroatoms. The molecule has 3 heterocycles. The number of aromatic nitrogens is 3. The molecule has 0 aromatic carbocycles. The first-order valence-corrected chi connectivity index (χ1v) is 7.17. The first-order chi connectivity index (χ1) is 10.6. The Bertz CT molecular complexity index is 734. The van der Waals surface area contributed by atoms with Gasteiger partial charge in [-0.1, -0.05) is 0 Å². The molecule has 7 nitrogen and oxygen atoms in total. The van der Waals surface area contributed by atoms with E-state index in [1.807, 2.05) is 19.2 Å². The fraction of sp³-hybridized carbons (Fsp3) is 0.400. The second-order valence-electron chi connectivity index (χ2n) is 5.31. The molecule has 1 N–H and O–H groups in total. The lowest BCUT2D eigenvalue weighted by Gasteiger charge is -2.28. The van der Waals surface area contributed by atoms with Gasteiger partial charge < -0.3 is 14.6 Å². The number of amides is 1. The lowest BCUT2D eigenvalue weighted by atomic mass is 10.0. The minimum Gasteiger partial charge on any atom is -0.365 e. The Hall–Kier alpha value is -2.41. The van der Waals surface area contributed by atoms with E-state index in [1.54, 1.807) is 22.0 Å². The van der Waals surface area contributed by atoms with Gasteiger partial charge in [0.15, 0.2) is 0 Å². The highest BCUT2D eigenvalue weighted by atomic mass is 16.5. The summed E-state index contributed by atoms with van der Waals surface area (Å²) in [7, 11) is 1.83. The molecule has 3 rings (SSSR count). The number of nitrogens with zero attached hydrogens (tertiary/aromatic N) is 3. The van der Waals surface area contributed by atoms with Crippen LogP contribution in [0.2, 0.25) is 0 Å². The zero-order chi connectivity index (χ0) is 15.5. The number of nitrogens with one attached hydrogen (secondary N) is 1. The van der Waals surface area contributed by atoms with E-state index in [4.69, 9.17) is 4.74 Å². The van der Waals surface area contributed by atoms with Gasteiger partial charge in [0, 0.05) is 31.5 Å². The normalized spacial score (nSPS) is 14.0. The van der Waals surface area contributed by atoms with Crippen LogP contribution in [0.1, 0.15) is 16.8 Å². The van der Waals surface area contributed by atoms with Crippen LogP contribution in [-0.2, 0) is 36.2 Å². The maximum atomic E-state index is 12.2. The van der Waals surface area contributed by atoms with Gasteiger partial charge in [-0.3, -0.25) is 14.3 Å². The SMILES string of the molecule is Cn1nccc1COCC(=O)N1CCc2cc[nH]c(=O)c2C1. The van der Waals surface area contributed by atoms with Crippen LogP contribution < -0.4 is 5.56 Å². The molecular formula is C15H18N4O3. The van der Waals surface area contributed by atoms with Crippen molar-refractivity contribution < 1.29 is 9.53 Å². The maximum Gasteiger partial charge on any atom is 0.253 e. The van der Waals surface area contributed by atoms with E-state index in [0.29, 0.717) is 31.7 Å². The molecule has 22 heavy (non-hydrogen) atoms.